The van der Waals surface area contributed by atoms with Crippen LogP contribution in [0.3, 0.4) is 0 Å². The molecule has 2 aromatic carbocycles. The van der Waals surface area contributed by atoms with E-state index in [9.17, 15) is 19.5 Å². The number of benzene rings is 2. The van der Waals surface area contributed by atoms with E-state index in [2.05, 4.69) is 17.6 Å². The van der Waals surface area contributed by atoms with Crippen molar-refractivity contribution < 1.29 is 24.2 Å². The maximum Gasteiger partial charge on any atom is 0.326 e. The Morgan fingerprint density at radius 3 is 2.14 bits per heavy atom. The summed E-state index contributed by atoms with van der Waals surface area (Å²) in [6.45, 7) is 6.40. The number of unbranched alkanes of at least 4 members (excludes halogenated alkanes) is 4. The minimum absolute atomic E-state index is 0.0981. The molecular weight excluding hydrogens is 468 g/mol. The molecule has 0 saturated heterocycles. The lowest BCUT2D eigenvalue weighted by Crippen LogP contribution is -2.52. The minimum Gasteiger partial charge on any atom is -0.489 e. The number of ether oxygens (including phenoxy) is 1. The summed E-state index contributed by atoms with van der Waals surface area (Å²) in [6.07, 6.45) is 6.00. The lowest BCUT2D eigenvalue weighted by atomic mass is 10.0. The Kier molecular flexibility index (Phi) is 13.2. The van der Waals surface area contributed by atoms with Gasteiger partial charge in [0.2, 0.25) is 11.8 Å². The molecule has 2 amide bonds. The van der Waals surface area contributed by atoms with E-state index in [-0.39, 0.29) is 18.2 Å². The fraction of sp³-hybridized carbons (Fsp3) is 0.500. The summed E-state index contributed by atoms with van der Waals surface area (Å²) in [6, 6.07) is 15.4. The average Bonchev–Trinajstić information content (AvgIpc) is 2.87. The summed E-state index contributed by atoms with van der Waals surface area (Å²) in [5.41, 5.74) is 1.90. The van der Waals surface area contributed by atoms with Crippen molar-refractivity contribution >= 4 is 17.8 Å². The molecule has 0 aromatic heterocycles. The Morgan fingerprint density at radius 2 is 1.51 bits per heavy atom. The third-order valence-electron chi connectivity index (χ3n) is 6.09. The van der Waals surface area contributed by atoms with E-state index in [0.29, 0.717) is 25.2 Å². The normalized spacial score (nSPS) is 12.5. The van der Waals surface area contributed by atoms with E-state index in [1.165, 1.54) is 0 Å². The predicted molar refractivity (Wildman–Crippen MR) is 145 cm³/mol. The van der Waals surface area contributed by atoms with Crippen LogP contribution >= 0.6 is 0 Å². The summed E-state index contributed by atoms with van der Waals surface area (Å²) in [5, 5.41) is 15.0. The maximum absolute atomic E-state index is 13.1. The minimum atomic E-state index is -1.08. The number of amides is 2. The van der Waals surface area contributed by atoms with Gasteiger partial charge in [0.25, 0.3) is 0 Å². The van der Waals surface area contributed by atoms with Crippen molar-refractivity contribution in [1.82, 2.24) is 10.6 Å². The summed E-state index contributed by atoms with van der Waals surface area (Å²) in [5.74, 6) is -0.969. The molecule has 0 fully saturated rings. The Labute approximate surface area is 221 Å². The first-order chi connectivity index (χ1) is 17.8. The summed E-state index contributed by atoms with van der Waals surface area (Å²) in [7, 11) is 0. The number of hydrogen-bond donors (Lipinski definition) is 3. The van der Waals surface area contributed by atoms with Crippen LogP contribution in [-0.2, 0) is 27.4 Å². The van der Waals surface area contributed by atoms with Crippen molar-refractivity contribution in [1.29, 1.82) is 0 Å². The van der Waals surface area contributed by atoms with Crippen molar-refractivity contribution in [2.24, 2.45) is 5.92 Å². The van der Waals surface area contributed by atoms with Gasteiger partial charge in [0.1, 0.15) is 24.4 Å². The topological polar surface area (TPSA) is 105 Å². The fourth-order valence-electron chi connectivity index (χ4n) is 4.03. The smallest absolute Gasteiger partial charge is 0.326 e. The first-order valence-corrected chi connectivity index (χ1v) is 13.4. The highest BCUT2D eigenvalue weighted by Gasteiger charge is 2.27. The summed E-state index contributed by atoms with van der Waals surface area (Å²) >= 11 is 0. The largest absolute Gasteiger partial charge is 0.489 e. The Balaban J connectivity index is 2.03. The Hall–Kier alpha value is -3.35. The highest BCUT2D eigenvalue weighted by Crippen LogP contribution is 2.16. The summed E-state index contributed by atoms with van der Waals surface area (Å²) < 4.78 is 5.84. The zero-order valence-electron chi connectivity index (χ0n) is 22.4. The SMILES string of the molecule is CCCCCCCC(=O)N[C@@H](Cc1ccc(OCc2ccccc2)cc1)C(=O)N[C@@H](CC(C)C)C(=O)O. The van der Waals surface area contributed by atoms with Crippen molar-refractivity contribution in [3.8, 4) is 5.75 Å². The number of nitrogens with one attached hydrogen (secondary N) is 2. The van der Waals surface area contributed by atoms with Gasteiger partial charge in [-0.1, -0.05) is 88.9 Å². The van der Waals surface area contributed by atoms with Crippen LogP contribution in [0.25, 0.3) is 0 Å². The zero-order chi connectivity index (χ0) is 27.0. The Morgan fingerprint density at radius 1 is 0.838 bits per heavy atom. The van der Waals surface area contributed by atoms with Crippen LogP contribution in [0, 0.1) is 5.92 Å². The summed E-state index contributed by atoms with van der Waals surface area (Å²) in [4.78, 5) is 37.4. The number of carbonyl (C=O) groups is 3. The molecule has 0 aliphatic carbocycles. The van der Waals surface area contributed by atoms with Gasteiger partial charge in [-0.05, 0) is 42.0 Å². The number of aliphatic carboxylic acids is 1. The van der Waals surface area contributed by atoms with Gasteiger partial charge >= 0.3 is 5.97 Å². The third kappa shape index (κ3) is 12.0. The maximum atomic E-state index is 13.1. The molecule has 202 valence electrons. The second-order valence-corrected chi connectivity index (χ2v) is 9.94. The standard InChI is InChI=1S/C30H42N2O5/c1-4-5-6-7-11-14-28(33)31-26(29(34)32-27(30(35)36)19-22(2)3)20-23-15-17-25(18-16-23)37-21-24-12-9-8-10-13-24/h8-10,12-13,15-18,22,26-27H,4-7,11,14,19-21H2,1-3H3,(H,31,33)(H,32,34)(H,35,36)/t26-,27-/m0/s1. The first-order valence-electron chi connectivity index (χ1n) is 13.4. The van der Waals surface area contributed by atoms with Gasteiger partial charge in [-0.25, -0.2) is 4.79 Å². The monoisotopic (exact) mass is 510 g/mol. The van der Waals surface area contributed by atoms with E-state index in [1.807, 2.05) is 68.4 Å². The second-order valence-electron chi connectivity index (χ2n) is 9.94. The Bertz CT molecular complexity index is 960. The van der Waals surface area contributed by atoms with Gasteiger partial charge in [-0.3, -0.25) is 9.59 Å². The van der Waals surface area contributed by atoms with Crippen LogP contribution in [0.5, 0.6) is 5.75 Å². The number of rotatable bonds is 17. The molecule has 0 bridgehead atoms. The molecule has 0 heterocycles. The molecule has 7 nitrogen and oxygen atoms in total. The third-order valence-corrected chi connectivity index (χ3v) is 6.09. The van der Waals surface area contributed by atoms with E-state index in [4.69, 9.17) is 4.74 Å². The number of carbonyl (C=O) groups excluding carboxylic acids is 2. The molecule has 7 heteroatoms. The van der Waals surface area contributed by atoms with E-state index in [0.717, 1.165) is 43.2 Å². The van der Waals surface area contributed by atoms with Crippen LogP contribution in [0.1, 0.15) is 76.8 Å². The van der Waals surface area contributed by atoms with Crippen LogP contribution in [-0.4, -0.2) is 35.0 Å². The molecule has 2 rings (SSSR count). The van der Waals surface area contributed by atoms with Gasteiger partial charge in [-0.2, -0.15) is 0 Å². The second kappa shape index (κ2) is 16.4. The fourth-order valence-corrected chi connectivity index (χ4v) is 4.03. The van der Waals surface area contributed by atoms with E-state index < -0.39 is 24.0 Å². The molecule has 0 radical (unpaired) electrons. The molecule has 0 saturated carbocycles. The predicted octanol–water partition coefficient (Wildman–Crippen LogP) is 5.27. The van der Waals surface area contributed by atoms with Crippen LogP contribution in [0.15, 0.2) is 54.6 Å². The zero-order valence-corrected chi connectivity index (χ0v) is 22.4. The van der Waals surface area contributed by atoms with Gasteiger partial charge in [0.05, 0.1) is 0 Å². The molecule has 0 aliphatic heterocycles. The lowest BCUT2D eigenvalue weighted by molar-refractivity contribution is -0.142. The quantitative estimate of drug-likeness (QED) is 0.252. The molecule has 2 atom stereocenters. The molecule has 0 unspecified atom stereocenters. The highest BCUT2D eigenvalue weighted by atomic mass is 16.5. The highest BCUT2D eigenvalue weighted by molar-refractivity contribution is 5.90. The van der Waals surface area contributed by atoms with Gasteiger partial charge < -0.3 is 20.5 Å². The molecular formula is C30H42N2O5. The van der Waals surface area contributed by atoms with Crippen molar-refractivity contribution in [2.75, 3.05) is 0 Å². The van der Waals surface area contributed by atoms with Crippen LogP contribution in [0.4, 0.5) is 0 Å². The lowest BCUT2D eigenvalue weighted by Gasteiger charge is -2.22. The van der Waals surface area contributed by atoms with Gasteiger partial charge in [-0.15, -0.1) is 0 Å². The first kappa shape index (κ1) is 29.9. The van der Waals surface area contributed by atoms with Gasteiger partial charge in [0, 0.05) is 12.8 Å². The molecule has 2 aromatic rings. The molecule has 0 aliphatic rings. The van der Waals surface area contributed by atoms with Crippen LogP contribution in [0.2, 0.25) is 0 Å². The number of carboxylic acid groups (broad SMARTS) is 1. The van der Waals surface area contributed by atoms with Crippen molar-refractivity contribution in [3.05, 3.63) is 65.7 Å². The van der Waals surface area contributed by atoms with Gasteiger partial charge in [0.15, 0.2) is 0 Å². The molecule has 0 spiro atoms. The van der Waals surface area contributed by atoms with Crippen LogP contribution < -0.4 is 15.4 Å². The van der Waals surface area contributed by atoms with Crippen molar-refractivity contribution in [3.63, 3.8) is 0 Å². The van der Waals surface area contributed by atoms with Crippen molar-refractivity contribution in [2.45, 2.75) is 90.8 Å². The molecule has 3 N–H and O–H groups in total. The van der Waals surface area contributed by atoms with E-state index in [1.54, 1.807) is 0 Å². The number of hydrogen-bond acceptors (Lipinski definition) is 4. The number of carboxylic acids is 1. The van der Waals surface area contributed by atoms with E-state index >= 15 is 0 Å². The average molecular weight is 511 g/mol. The molecule has 37 heavy (non-hydrogen) atoms.